The van der Waals surface area contributed by atoms with Gasteiger partial charge in [-0.1, -0.05) is 26.0 Å². The highest BCUT2D eigenvalue weighted by molar-refractivity contribution is 5.87. The fourth-order valence-electron chi connectivity index (χ4n) is 1.99. The molecule has 1 amide bonds. The first-order valence-corrected chi connectivity index (χ1v) is 7.58. The lowest BCUT2D eigenvalue weighted by Gasteiger charge is -2.09. The van der Waals surface area contributed by atoms with Crippen molar-refractivity contribution in [1.82, 2.24) is 5.32 Å². The molecule has 1 heterocycles. The number of hydrogen-bond donors (Lipinski definition) is 1. The second kappa shape index (κ2) is 8.17. The van der Waals surface area contributed by atoms with Crippen LogP contribution in [0.2, 0.25) is 0 Å². The van der Waals surface area contributed by atoms with E-state index in [0.29, 0.717) is 17.4 Å². The Kier molecular flexibility index (Phi) is 5.97. The van der Waals surface area contributed by atoms with Crippen LogP contribution >= 0.6 is 0 Å². The maximum absolute atomic E-state index is 11.7. The fourth-order valence-corrected chi connectivity index (χ4v) is 1.99. The first-order chi connectivity index (χ1) is 11.0. The third kappa shape index (κ3) is 5.62. The molecule has 1 N–H and O–H groups in total. The molecule has 0 unspecified atom stereocenters. The van der Waals surface area contributed by atoms with E-state index in [0.717, 1.165) is 0 Å². The average Bonchev–Trinajstić information content (AvgIpc) is 3.04. The molecule has 0 spiro atoms. The van der Waals surface area contributed by atoms with E-state index in [-0.39, 0.29) is 31.3 Å². The number of furan rings is 1. The van der Waals surface area contributed by atoms with Crippen LogP contribution in [0.4, 0.5) is 0 Å². The number of carbonyl (C=O) groups excluding carboxylic acids is 2. The van der Waals surface area contributed by atoms with Crippen LogP contribution in [0.15, 0.2) is 47.1 Å². The van der Waals surface area contributed by atoms with Crippen molar-refractivity contribution in [3.8, 4) is 5.75 Å². The van der Waals surface area contributed by atoms with Crippen molar-refractivity contribution >= 4 is 11.7 Å². The van der Waals surface area contributed by atoms with Gasteiger partial charge in [-0.05, 0) is 35.7 Å². The smallest absolute Gasteiger partial charge is 0.227 e. The lowest BCUT2D eigenvalue weighted by Crippen LogP contribution is -2.32. The number of nitrogens with one attached hydrogen (secondary N) is 1. The van der Waals surface area contributed by atoms with Crippen molar-refractivity contribution in [1.29, 1.82) is 0 Å². The quantitative estimate of drug-likeness (QED) is 0.813. The molecule has 0 saturated carbocycles. The van der Waals surface area contributed by atoms with E-state index in [1.54, 1.807) is 12.1 Å². The molecule has 1 aromatic carbocycles. The largest absolute Gasteiger partial charge is 0.486 e. The molecule has 0 atom stereocenters. The van der Waals surface area contributed by atoms with Gasteiger partial charge in [0.15, 0.2) is 5.78 Å². The Morgan fingerprint density at radius 3 is 2.52 bits per heavy atom. The van der Waals surface area contributed by atoms with Crippen LogP contribution in [-0.2, 0) is 16.0 Å². The monoisotopic (exact) mass is 315 g/mol. The molecule has 0 saturated heterocycles. The van der Waals surface area contributed by atoms with Crippen LogP contribution in [0.3, 0.4) is 0 Å². The normalized spacial score (nSPS) is 10.6. The van der Waals surface area contributed by atoms with Crippen molar-refractivity contribution in [2.24, 2.45) is 0 Å². The Balaban J connectivity index is 1.69. The Morgan fingerprint density at radius 1 is 1.17 bits per heavy atom. The summed E-state index contributed by atoms with van der Waals surface area (Å²) in [5, 5.41) is 2.55. The molecule has 2 aromatic rings. The minimum atomic E-state index is -0.255. The van der Waals surface area contributed by atoms with Gasteiger partial charge in [-0.3, -0.25) is 9.59 Å². The molecule has 0 radical (unpaired) electrons. The number of hydrogen-bond acceptors (Lipinski definition) is 4. The van der Waals surface area contributed by atoms with Crippen LogP contribution in [0.25, 0.3) is 0 Å². The van der Waals surface area contributed by atoms with Gasteiger partial charge in [0.25, 0.3) is 0 Å². The van der Waals surface area contributed by atoms with E-state index in [4.69, 9.17) is 9.15 Å². The zero-order valence-corrected chi connectivity index (χ0v) is 13.4. The Morgan fingerprint density at radius 2 is 1.91 bits per heavy atom. The summed E-state index contributed by atoms with van der Waals surface area (Å²) in [6, 6.07) is 11.1. The van der Waals surface area contributed by atoms with Gasteiger partial charge in [0.05, 0.1) is 19.2 Å². The zero-order valence-electron chi connectivity index (χ0n) is 13.4. The van der Waals surface area contributed by atoms with Gasteiger partial charge in [0.2, 0.25) is 5.91 Å². The summed E-state index contributed by atoms with van der Waals surface area (Å²) >= 11 is 0. The topological polar surface area (TPSA) is 68.5 Å². The molecular formula is C18H21NO4. The molecule has 0 fully saturated rings. The highest BCUT2D eigenvalue weighted by atomic mass is 16.5. The van der Waals surface area contributed by atoms with Crippen molar-refractivity contribution in [3.63, 3.8) is 0 Å². The van der Waals surface area contributed by atoms with Gasteiger partial charge in [0.1, 0.15) is 18.1 Å². The molecule has 23 heavy (non-hydrogen) atoms. The molecule has 122 valence electrons. The second-order valence-electron chi connectivity index (χ2n) is 5.58. The SMILES string of the molecule is CC(C)c1ccc(OCC(=O)CNC(=O)Cc2ccco2)cc1. The number of benzene rings is 1. The third-order valence-electron chi connectivity index (χ3n) is 3.34. The number of ether oxygens (including phenoxy) is 1. The van der Waals surface area contributed by atoms with Gasteiger partial charge in [-0.25, -0.2) is 0 Å². The molecule has 1 aromatic heterocycles. The predicted molar refractivity (Wildman–Crippen MR) is 86.5 cm³/mol. The lowest BCUT2D eigenvalue weighted by molar-refractivity contribution is -0.125. The fraction of sp³-hybridized carbons (Fsp3) is 0.333. The number of ketones is 1. The van der Waals surface area contributed by atoms with Crippen LogP contribution in [0, 0.1) is 0 Å². The maximum atomic E-state index is 11.7. The molecule has 5 nitrogen and oxygen atoms in total. The molecule has 0 aliphatic heterocycles. The van der Waals surface area contributed by atoms with E-state index in [1.165, 1.54) is 11.8 Å². The lowest BCUT2D eigenvalue weighted by atomic mass is 10.0. The summed E-state index contributed by atoms with van der Waals surface area (Å²) in [4.78, 5) is 23.4. The van der Waals surface area contributed by atoms with Crippen molar-refractivity contribution in [3.05, 3.63) is 54.0 Å². The Hall–Kier alpha value is -2.56. The highest BCUT2D eigenvalue weighted by Crippen LogP contribution is 2.18. The second-order valence-corrected chi connectivity index (χ2v) is 5.58. The van der Waals surface area contributed by atoms with Crippen molar-refractivity contribution in [2.75, 3.05) is 13.2 Å². The number of rotatable bonds is 8. The maximum Gasteiger partial charge on any atom is 0.227 e. The summed E-state index contributed by atoms with van der Waals surface area (Å²) in [6.45, 7) is 4.11. The van der Waals surface area contributed by atoms with Gasteiger partial charge in [-0.2, -0.15) is 0 Å². The van der Waals surface area contributed by atoms with Gasteiger partial charge in [-0.15, -0.1) is 0 Å². The summed E-state index contributed by atoms with van der Waals surface area (Å²) in [7, 11) is 0. The van der Waals surface area contributed by atoms with Crippen molar-refractivity contribution in [2.45, 2.75) is 26.2 Å². The van der Waals surface area contributed by atoms with Crippen LogP contribution in [0.1, 0.15) is 31.1 Å². The van der Waals surface area contributed by atoms with E-state index < -0.39 is 0 Å². The summed E-state index contributed by atoms with van der Waals surface area (Å²) in [5.74, 6) is 1.22. The van der Waals surface area contributed by atoms with Crippen LogP contribution in [0.5, 0.6) is 5.75 Å². The van der Waals surface area contributed by atoms with Gasteiger partial charge in [0, 0.05) is 0 Å². The average molecular weight is 315 g/mol. The molecule has 0 aliphatic rings. The Bertz CT molecular complexity index is 630. The highest BCUT2D eigenvalue weighted by Gasteiger charge is 2.09. The molecule has 0 bridgehead atoms. The van der Waals surface area contributed by atoms with Crippen LogP contribution in [-0.4, -0.2) is 24.8 Å². The zero-order chi connectivity index (χ0) is 16.7. The van der Waals surface area contributed by atoms with Gasteiger partial charge < -0.3 is 14.5 Å². The first kappa shape index (κ1) is 16.8. The number of Topliss-reactive ketones (excluding diaryl/α,β-unsaturated/α-hetero) is 1. The number of amides is 1. The molecule has 0 aliphatic carbocycles. The molecule has 2 rings (SSSR count). The first-order valence-electron chi connectivity index (χ1n) is 7.58. The summed E-state index contributed by atoms with van der Waals surface area (Å²) in [6.07, 6.45) is 1.63. The van der Waals surface area contributed by atoms with E-state index >= 15 is 0 Å². The van der Waals surface area contributed by atoms with E-state index in [2.05, 4.69) is 19.2 Å². The van der Waals surface area contributed by atoms with Gasteiger partial charge >= 0.3 is 0 Å². The van der Waals surface area contributed by atoms with E-state index in [1.807, 2.05) is 24.3 Å². The summed E-state index contributed by atoms with van der Waals surface area (Å²) in [5.41, 5.74) is 1.22. The van der Waals surface area contributed by atoms with Crippen molar-refractivity contribution < 1.29 is 18.7 Å². The summed E-state index contributed by atoms with van der Waals surface area (Å²) < 4.78 is 10.5. The van der Waals surface area contributed by atoms with Crippen LogP contribution < -0.4 is 10.1 Å². The minimum Gasteiger partial charge on any atom is -0.486 e. The molecule has 5 heteroatoms. The predicted octanol–water partition coefficient (Wildman–Crippen LogP) is 2.71. The standard InChI is InChI=1S/C18H21NO4/c1-13(2)14-5-7-16(8-6-14)23-12-15(20)11-19-18(21)10-17-4-3-9-22-17/h3-9,13H,10-12H2,1-2H3,(H,19,21). The molecular weight excluding hydrogens is 294 g/mol. The third-order valence-corrected chi connectivity index (χ3v) is 3.34. The Labute approximate surface area is 135 Å². The number of carbonyl (C=O) groups is 2. The van der Waals surface area contributed by atoms with E-state index in [9.17, 15) is 9.59 Å². The minimum absolute atomic E-state index is 0.0520.